The van der Waals surface area contributed by atoms with E-state index in [1.54, 1.807) is 22.1 Å². The second-order valence-corrected chi connectivity index (χ2v) is 8.03. The lowest BCUT2D eigenvalue weighted by Crippen LogP contribution is -2.40. The molecule has 3 aromatic rings. The summed E-state index contributed by atoms with van der Waals surface area (Å²) in [5.41, 5.74) is 7.92. The third-order valence-electron chi connectivity index (χ3n) is 5.38. The lowest BCUT2D eigenvalue weighted by molar-refractivity contribution is 0.0655. The number of aryl methyl sites for hydroxylation is 1. The number of hydrogen-bond acceptors (Lipinski definition) is 8. The van der Waals surface area contributed by atoms with Crippen molar-refractivity contribution < 1.29 is 14.3 Å². The summed E-state index contributed by atoms with van der Waals surface area (Å²) in [5.74, 6) is 1.92. The number of ether oxygens (including phenoxy) is 2. The van der Waals surface area contributed by atoms with Gasteiger partial charge in [0, 0.05) is 13.1 Å². The largest absolute Gasteiger partial charge is 0.487 e. The Balaban J connectivity index is 1.35. The summed E-state index contributed by atoms with van der Waals surface area (Å²) in [6.45, 7) is 7.09. The summed E-state index contributed by atoms with van der Waals surface area (Å²) in [4.78, 5) is 22.3. The van der Waals surface area contributed by atoms with Crippen LogP contribution in [0.25, 0.3) is 5.82 Å². The Morgan fingerprint density at radius 3 is 2.69 bits per heavy atom. The molecule has 0 saturated carbocycles. The SMILES string of the molecule is Cc1nc(-n2cncn2)ccc1OCc1cnn(C2CCN(C(=O)OC(C)C)CC2)c1N. The monoisotopic (exact) mass is 440 g/mol. The summed E-state index contributed by atoms with van der Waals surface area (Å²) >= 11 is 0. The van der Waals surface area contributed by atoms with Gasteiger partial charge in [0.25, 0.3) is 0 Å². The molecule has 170 valence electrons. The number of amides is 1. The summed E-state index contributed by atoms with van der Waals surface area (Å²) in [6.07, 6.45) is 5.94. The Bertz CT molecular complexity index is 1060. The number of aromatic nitrogens is 6. The van der Waals surface area contributed by atoms with Crippen LogP contribution in [0.2, 0.25) is 0 Å². The molecule has 0 radical (unpaired) electrons. The number of likely N-dealkylation sites (tertiary alicyclic amines) is 1. The van der Waals surface area contributed by atoms with E-state index in [-0.39, 0.29) is 24.8 Å². The molecule has 4 heterocycles. The van der Waals surface area contributed by atoms with Crippen LogP contribution in [0.5, 0.6) is 5.75 Å². The van der Waals surface area contributed by atoms with Crippen molar-refractivity contribution >= 4 is 11.9 Å². The van der Waals surface area contributed by atoms with Crippen molar-refractivity contribution in [2.45, 2.75) is 52.4 Å². The average Bonchev–Trinajstić information content (AvgIpc) is 3.43. The van der Waals surface area contributed by atoms with Gasteiger partial charge in [-0.1, -0.05) is 0 Å². The quantitative estimate of drug-likeness (QED) is 0.620. The first kappa shape index (κ1) is 21.6. The van der Waals surface area contributed by atoms with E-state index < -0.39 is 0 Å². The number of carbonyl (C=O) groups is 1. The summed E-state index contributed by atoms with van der Waals surface area (Å²) in [7, 11) is 0. The molecule has 1 saturated heterocycles. The van der Waals surface area contributed by atoms with Crippen LogP contribution in [0.1, 0.15) is 44.0 Å². The van der Waals surface area contributed by atoms with E-state index in [9.17, 15) is 4.79 Å². The van der Waals surface area contributed by atoms with Crippen molar-refractivity contribution in [1.29, 1.82) is 0 Å². The molecular weight excluding hydrogens is 412 g/mol. The van der Waals surface area contributed by atoms with E-state index in [0.717, 1.165) is 24.1 Å². The molecule has 32 heavy (non-hydrogen) atoms. The number of carbonyl (C=O) groups excluding carboxylic acids is 1. The molecule has 3 aromatic heterocycles. The van der Waals surface area contributed by atoms with Crippen LogP contribution in [-0.4, -0.2) is 59.7 Å². The van der Waals surface area contributed by atoms with Crippen LogP contribution in [-0.2, 0) is 11.3 Å². The van der Waals surface area contributed by atoms with Gasteiger partial charge in [0.1, 0.15) is 30.8 Å². The zero-order chi connectivity index (χ0) is 22.7. The minimum atomic E-state index is -0.264. The number of nitrogens with zero attached hydrogens (tertiary/aromatic N) is 7. The maximum absolute atomic E-state index is 12.1. The Morgan fingerprint density at radius 1 is 1.25 bits per heavy atom. The molecule has 1 aliphatic rings. The van der Waals surface area contributed by atoms with Crippen molar-refractivity contribution in [1.82, 2.24) is 34.4 Å². The highest BCUT2D eigenvalue weighted by molar-refractivity contribution is 5.67. The highest BCUT2D eigenvalue weighted by Crippen LogP contribution is 2.27. The maximum Gasteiger partial charge on any atom is 0.410 e. The lowest BCUT2D eigenvalue weighted by Gasteiger charge is -2.32. The first-order valence-electron chi connectivity index (χ1n) is 10.6. The number of nitrogen functional groups attached to an aromatic ring is 1. The van der Waals surface area contributed by atoms with Gasteiger partial charge in [-0.3, -0.25) is 0 Å². The van der Waals surface area contributed by atoms with Crippen LogP contribution in [0.4, 0.5) is 10.6 Å². The molecule has 0 unspecified atom stereocenters. The van der Waals surface area contributed by atoms with Gasteiger partial charge < -0.3 is 20.1 Å². The van der Waals surface area contributed by atoms with Gasteiger partial charge in [-0.05, 0) is 45.7 Å². The number of nitrogens with two attached hydrogens (primary N) is 1. The highest BCUT2D eigenvalue weighted by Gasteiger charge is 2.27. The fourth-order valence-electron chi connectivity index (χ4n) is 3.68. The smallest absolute Gasteiger partial charge is 0.410 e. The third-order valence-corrected chi connectivity index (χ3v) is 5.38. The predicted molar refractivity (Wildman–Crippen MR) is 116 cm³/mol. The van der Waals surface area contributed by atoms with E-state index >= 15 is 0 Å². The van der Waals surface area contributed by atoms with Gasteiger partial charge in [0.15, 0.2) is 5.82 Å². The molecule has 0 aliphatic carbocycles. The van der Waals surface area contributed by atoms with Crippen LogP contribution in [0, 0.1) is 6.92 Å². The van der Waals surface area contributed by atoms with Gasteiger partial charge in [-0.15, -0.1) is 0 Å². The van der Waals surface area contributed by atoms with Gasteiger partial charge >= 0.3 is 6.09 Å². The van der Waals surface area contributed by atoms with E-state index in [1.807, 2.05) is 37.6 Å². The summed E-state index contributed by atoms with van der Waals surface area (Å²) < 4.78 is 14.7. The molecule has 11 heteroatoms. The van der Waals surface area contributed by atoms with Crippen molar-refractivity contribution in [3.05, 3.63) is 42.2 Å². The lowest BCUT2D eigenvalue weighted by atomic mass is 10.1. The van der Waals surface area contributed by atoms with Crippen molar-refractivity contribution in [2.24, 2.45) is 0 Å². The molecule has 4 rings (SSSR count). The zero-order valence-corrected chi connectivity index (χ0v) is 18.5. The van der Waals surface area contributed by atoms with Crippen LogP contribution < -0.4 is 10.5 Å². The highest BCUT2D eigenvalue weighted by atomic mass is 16.6. The fourth-order valence-corrected chi connectivity index (χ4v) is 3.68. The van der Waals surface area contributed by atoms with Crippen molar-refractivity contribution in [3.8, 4) is 11.6 Å². The fraction of sp³-hybridized carbons (Fsp3) is 0.476. The van der Waals surface area contributed by atoms with Crippen LogP contribution >= 0.6 is 0 Å². The van der Waals surface area contributed by atoms with Gasteiger partial charge in [0.05, 0.1) is 29.6 Å². The van der Waals surface area contributed by atoms with Crippen LogP contribution in [0.15, 0.2) is 31.0 Å². The molecule has 1 amide bonds. The number of hydrogen-bond donors (Lipinski definition) is 1. The van der Waals surface area contributed by atoms with Crippen LogP contribution in [0.3, 0.4) is 0 Å². The Kier molecular flexibility index (Phi) is 6.24. The summed E-state index contributed by atoms with van der Waals surface area (Å²) in [6, 6.07) is 3.81. The number of pyridine rings is 1. The second-order valence-electron chi connectivity index (χ2n) is 8.03. The number of rotatable bonds is 6. The molecule has 0 atom stereocenters. The number of piperidine rings is 1. The zero-order valence-electron chi connectivity index (χ0n) is 18.5. The minimum absolute atomic E-state index is 0.123. The van der Waals surface area contributed by atoms with E-state index in [0.29, 0.717) is 30.5 Å². The molecule has 0 bridgehead atoms. The van der Waals surface area contributed by atoms with E-state index in [2.05, 4.69) is 20.2 Å². The number of anilines is 1. The molecule has 11 nitrogen and oxygen atoms in total. The summed E-state index contributed by atoms with van der Waals surface area (Å²) in [5, 5.41) is 8.57. The van der Waals surface area contributed by atoms with E-state index in [1.165, 1.54) is 6.33 Å². The second kappa shape index (κ2) is 9.25. The third kappa shape index (κ3) is 4.66. The van der Waals surface area contributed by atoms with E-state index in [4.69, 9.17) is 15.2 Å². The molecule has 1 aliphatic heterocycles. The first-order chi connectivity index (χ1) is 15.4. The molecular formula is C21H28N8O3. The average molecular weight is 441 g/mol. The van der Waals surface area contributed by atoms with Crippen molar-refractivity contribution in [2.75, 3.05) is 18.8 Å². The molecule has 0 spiro atoms. The first-order valence-corrected chi connectivity index (χ1v) is 10.6. The predicted octanol–water partition coefficient (Wildman–Crippen LogP) is 2.51. The molecule has 2 N–H and O–H groups in total. The van der Waals surface area contributed by atoms with Gasteiger partial charge in [-0.25, -0.2) is 24.1 Å². The Hall–Kier alpha value is -3.63. The maximum atomic E-state index is 12.1. The van der Waals surface area contributed by atoms with Gasteiger partial charge in [0.2, 0.25) is 0 Å². The van der Waals surface area contributed by atoms with Crippen molar-refractivity contribution in [3.63, 3.8) is 0 Å². The Morgan fingerprint density at radius 2 is 2.03 bits per heavy atom. The topological polar surface area (TPSA) is 126 Å². The Labute approximate surface area is 186 Å². The minimum Gasteiger partial charge on any atom is -0.487 e. The van der Waals surface area contributed by atoms with Gasteiger partial charge in [-0.2, -0.15) is 10.2 Å². The normalized spacial score (nSPS) is 14.7. The molecule has 1 fully saturated rings. The standard InChI is InChI=1S/C21H28N8O3/c1-14(2)32-21(30)27-8-6-17(7-9-27)29-20(22)16(10-24-29)11-31-18-4-5-19(26-15(18)3)28-13-23-12-25-28/h4-5,10,12-14,17H,6-9,11,22H2,1-3H3. The molecule has 0 aromatic carbocycles.